The van der Waals surface area contributed by atoms with Crippen LogP contribution in [0.5, 0.6) is 0 Å². The SMILES string of the molecule is CCCCC1=NC(NC(=O)CCC)SC(c2ccc([N+](=O)[O-])cc2)=C1C(=O)OCC. The third kappa shape index (κ3) is 6.16. The Morgan fingerprint density at radius 1 is 1.20 bits per heavy atom. The number of esters is 1. The number of aliphatic imine (C=N–C) groups is 1. The van der Waals surface area contributed by atoms with Crippen molar-refractivity contribution in [1.82, 2.24) is 5.32 Å². The highest BCUT2D eigenvalue weighted by Gasteiger charge is 2.31. The number of unbranched alkanes of at least 4 members (excludes halogenated alkanes) is 1. The number of nitro groups is 1. The minimum atomic E-state index is -0.570. The predicted molar refractivity (Wildman–Crippen MR) is 118 cm³/mol. The van der Waals surface area contributed by atoms with Crippen molar-refractivity contribution in [2.75, 3.05) is 6.61 Å². The lowest BCUT2D eigenvalue weighted by Gasteiger charge is -2.26. The van der Waals surface area contributed by atoms with Crippen LogP contribution in [0.15, 0.2) is 34.8 Å². The van der Waals surface area contributed by atoms with Gasteiger partial charge in [0.15, 0.2) is 5.50 Å². The number of benzene rings is 1. The number of hydrogen-bond acceptors (Lipinski definition) is 7. The molecule has 30 heavy (non-hydrogen) atoms. The largest absolute Gasteiger partial charge is 0.462 e. The molecule has 0 radical (unpaired) electrons. The van der Waals surface area contributed by atoms with E-state index in [0.717, 1.165) is 19.3 Å². The Morgan fingerprint density at radius 2 is 1.90 bits per heavy atom. The van der Waals surface area contributed by atoms with E-state index in [1.165, 1.54) is 23.9 Å². The van der Waals surface area contributed by atoms with Gasteiger partial charge >= 0.3 is 5.97 Å². The van der Waals surface area contributed by atoms with Crippen LogP contribution >= 0.6 is 11.8 Å². The molecule has 1 aliphatic heterocycles. The van der Waals surface area contributed by atoms with Gasteiger partial charge in [-0.25, -0.2) is 4.79 Å². The molecule has 0 saturated carbocycles. The molecule has 1 aromatic rings. The van der Waals surface area contributed by atoms with Crippen LogP contribution in [-0.4, -0.2) is 34.6 Å². The molecule has 1 atom stereocenters. The van der Waals surface area contributed by atoms with E-state index in [4.69, 9.17) is 4.74 Å². The van der Waals surface area contributed by atoms with Crippen molar-refractivity contribution < 1.29 is 19.2 Å². The van der Waals surface area contributed by atoms with Gasteiger partial charge in [0.25, 0.3) is 5.69 Å². The Kier molecular flexibility index (Phi) is 9.04. The van der Waals surface area contributed by atoms with Crippen LogP contribution < -0.4 is 5.32 Å². The number of nitro benzene ring substituents is 1. The Hall–Kier alpha value is -2.68. The molecular formula is C21H27N3O5S. The van der Waals surface area contributed by atoms with Gasteiger partial charge in [0.2, 0.25) is 5.91 Å². The lowest BCUT2D eigenvalue weighted by molar-refractivity contribution is -0.384. The summed E-state index contributed by atoms with van der Waals surface area (Å²) in [4.78, 5) is 40.7. The van der Waals surface area contributed by atoms with E-state index in [-0.39, 0.29) is 18.2 Å². The van der Waals surface area contributed by atoms with Gasteiger partial charge in [-0.2, -0.15) is 0 Å². The standard InChI is InChI=1S/C21H27N3O5S/c1-4-7-9-16-18(20(26)29-6-3)19(14-10-12-15(13-11-14)24(27)28)30-21(22-16)23-17(25)8-5-2/h10-13,21H,4-9H2,1-3H3,(H,23,25). The van der Waals surface area contributed by atoms with Crippen LogP contribution in [0.3, 0.4) is 0 Å². The number of rotatable bonds is 10. The van der Waals surface area contributed by atoms with Gasteiger partial charge in [0.1, 0.15) is 0 Å². The first-order valence-electron chi connectivity index (χ1n) is 10.1. The fourth-order valence-corrected chi connectivity index (χ4v) is 4.11. The van der Waals surface area contributed by atoms with Crippen molar-refractivity contribution >= 4 is 39.9 Å². The molecule has 162 valence electrons. The molecule has 2 rings (SSSR count). The Morgan fingerprint density at radius 3 is 2.47 bits per heavy atom. The molecule has 0 spiro atoms. The van der Waals surface area contributed by atoms with Crippen LogP contribution in [-0.2, 0) is 14.3 Å². The smallest absolute Gasteiger partial charge is 0.341 e. The molecule has 9 heteroatoms. The average molecular weight is 434 g/mol. The molecule has 1 amide bonds. The summed E-state index contributed by atoms with van der Waals surface area (Å²) in [6.45, 7) is 5.92. The molecule has 0 aliphatic carbocycles. The molecule has 1 N–H and O–H groups in total. The zero-order valence-electron chi connectivity index (χ0n) is 17.5. The van der Waals surface area contributed by atoms with Crippen molar-refractivity contribution in [1.29, 1.82) is 0 Å². The van der Waals surface area contributed by atoms with Gasteiger partial charge in [-0.3, -0.25) is 19.9 Å². The number of hydrogen-bond donors (Lipinski definition) is 1. The van der Waals surface area contributed by atoms with E-state index in [1.807, 2.05) is 13.8 Å². The normalized spacial score (nSPS) is 16.1. The van der Waals surface area contributed by atoms with Gasteiger partial charge in [-0.1, -0.05) is 32.0 Å². The van der Waals surface area contributed by atoms with Gasteiger partial charge in [0.05, 0.1) is 22.8 Å². The van der Waals surface area contributed by atoms with Crippen molar-refractivity contribution in [2.45, 2.75) is 58.4 Å². The number of amides is 1. The van der Waals surface area contributed by atoms with Gasteiger partial charge < -0.3 is 10.1 Å². The summed E-state index contributed by atoms with van der Waals surface area (Å²) in [5.74, 6) is -0.595. The maximum Gasteiger partial charge on any atom is 0.341 e. The highest BCUT2D eigenvalue weighted by atomic mass is 32.2. The maximum atomic E-state index is 12.8. The minimum absolute atomic E-state index is 0.0366. The van der Waals surface area contributed by atoms with Crippen molar-refractivity contribution in [3.8, 4) is 0 Å². The summed E-state index contributed by atoms with van der Waals surface area (Å²) < 4.78 is 5.27. The van der Waals surface area contributed by atoms with E-state index in [1.54, 1.807) is 19.1 Å². The first-order valence-corrected chi connectivity index (χ1v) is 11.0. The quantitative estimate of drug-likeness (QED) is 0.332. The lowest BCUT2D eigenvalue weighted by Crippen LogP contribution is -2.34. The van der Waals surface area contributed by atoms with E-state index in [9.17, 15) is 19.7 Å². The van der Waals surface area contributed by atoms with E-state index < -0.39 is 16.4 Å². The van der Waals surface area contributed by atoms with Crippen LogP contribution in [0.1, 0.15) is 58.4 Å². The molecule has 0 aromatic heterocycles. The van der Waals surface area contributed by atoms with E-state index >= 15 is 0 Å². The van der Waals surface area contributed by atoms with Crippen LogP contribution in [0.25, 0.3) is 4.91 Å². The number of nitrogens with one attached hydrogen (secondary N) is 1. The Labute approximate surface area is 180 Å². The van der Waals surface area contributed by atoms with E-state index in [2.05, 4.69) is 10.3 Å². The molecule has 8 nitrogen and oxygen atoms in total. The van der Waals surface area contributed by atoms with Crippen molar-refractivity contribution in [3.05, 3.63) is 45.5 Å². The molecule has 0 fully saturated rings. The maximum absolute atomic E-state index is 12.8. The summed E-state index contributed by atoms with van der Waals surface area (Å²) >= 11 is 1.24. The number of nitrogens with zero attached hydrogens (tertiary/aromatic N) is 2. The predicted octanol–water partition coefficient (Wildman–Crippen LogP) is 4.45. The molecule has 0 saturated heterocycles. The van der Waals surface area contributed by atoms with Gasteiger partial charge in [0, 0.05) is 23.5 Å². The van der Waals surface area contributed by atoms with Crippen molar-refractivity contribution in [2.24, 2.45) is 4.99 Å². The zero-order valence-corrected chi connectivity index (χ0v) is 18.3. The summed E-state index contributed by atoms with van der Waals surface area (Å²) in [6, 6.07) is 6.00. The van der Waals surface area contributed by atoms with E-state index in [0.29, 0.717) is 34.6 Å². The topological polar surface area (TPSA) is 111 Å². The van der Waals surface area contributed by atoms with Crippen LogP contribution in [0.4, 0.5) is 5.69 Å². The number of ether oxygens (including phenoxy) is 1. The second kappa shape index (κ2) is 11.5. The molecule has 0 bridgehead atoms. The number of non-ortho nitro benzene ring substituents is 1. The molecule has 1 heterocycles. The number of thioether (sulfide) groups is 1. The summed E-state index contributed by atoms with van der Waals surface area (Å²) in [6.07, 6.45) is 3.42. The summed E-state index contributed by atoms with van der Waals surface area (Å²) in [5.41, 5.74) is 0.992. The molecule has 1 aromatic carbocycles. The third-order valence-electron chi connectivity index (χ3n) is 4.37. The summed E-state index contributed by atoms with van der Waals surface area (Å²) in [7, 11) is 0. The van der Waals surface area contributed by atoms with Crippen molar-refractivity contribution in [3.63, 3.8) is 0 Å². The fraction of sp³-hybridized carbons (Fsp3) is 0.476. The Balaban J connectivity index is 2.51. The molecule has 1 unspecified atom stereocenters. The second-order valence-electron chi connectivity index (χ2n) is 6.70. The fourth-order valence-electron chi connectivity index (χ4n) is 2.93. The molecular weight excluding hydrogens is 406 g/mol. The first kappa shape index (κ1) is 23.6. The second-order valence-corrected chi connectivity index (χ2v) is 7.79. The molecule has 1 aliphatic rings. The first-order chi connectivity index (χ1) is 14.4. The third-order valence-corrected chi connectivity index (χ3v) is 5.49. The minimum Gasteiger partial charge on any atom is -0.462 e. The van der Waals surface area contributed by atoms with Gasteiger partial charge in [-0.05, 0) is 43.9 Å². The van der Waals surface area contributed by atoms with Gasteiger partial charge in [-0.15, -0.1) is 0 Å². The Bertz CT molecular complexity index is 849. The number of carbonyl (C=O) groups excluding carboxylic acids is 2. The highest BCUT2D eigenvalue weighted by molar-refractivity contribution is 8.09. The average Bonchev–Trinajstić information content (AvgIpc) is 2.72. The van der Waals surface area contributed by atoms with Crippen LogP contribution in [0.2, 0.25) is 0 Å². The monoisotopic (exact) mass is 433 g/mol. The lowest BCUT2D eigenvalue weighted by atomic mass is 10.0. The number of carbonyl (C=O) groups is 2. The summed E-state index contributed by atoms with van der Waals surface area (Å²) in [5, 5.41) is 13.9. The zero-order chi connectivity index (χ0) is 22.1. The highest BCUT2D eigenvalue weighted by Crippen LogP contribution is 2.39. The van der Waals surface area contributed by atoms with Crippen LogP contribution in [0, 0.1) is 10.1 Å².